The van der Waals surface area contributed by atoms with Crippen LogP contribution in [0.15, 0.2) is 12.2 Å². The quantitative estimate of drug-likeness (QED) is 0.0256. The first-order valence-electron chi connectivity index (χ1n) is 20.6. The van der Waals surface area contributed by atoms with Gasteiger partial charge < -0.3 is 19.8 Å². The van der Waals surface area contributed by atoms with Crippen LogP contribution in [0.5, 0.6) is 0 Å². The van der Waals surface area contributed by atoms with Gasteiger partial charge >= 0.3 is 7.82 Å². The van der Waals surface area contributed by atoms with Gasteiger partial charge in [-0.15, -0.1) is 0 Å². The van der Waals surface area contributed by atoms with E-state index in [0.717, 1.165) is 38.5 Å². The van der Waals surface area contributed by atoms with Crippen molar-refractivity contribution in [3.8, 4) is 0 Å². The lowest BCUT2D eigenvalue weighted by molar-refractivity contribution is -0.870. The molecule has 0 fully saturated rings. The second kappa shape index (κ2) is 33.1. The molecule has 0 rings (SSSR count). The molecule has 9 heteroatoms. The third-order valence-corrected chi connectivity index (χ3v) is 10.2. The van der Waals surface area contributed by atoms with E-state index in [1.54, 1.807) is 6.08 Å². The van der Waals surface area contributed by atoms with E-state index in [-0.39, 0.29) is 19.1 Å². The molecule has 0 bridgehead atoms. The van der Waals surface area contributed by atoms with Crippen LogP contribution in [0.3, 0.4) is 0 Å². The molecule has 0 saturated heterocycles. The van der Waals surface area contributed by atoms with E-state index in [1.807, 2.05) is 27.2 Å². The Kier molecular flexibility index (Phi) is 32.6. The van der Waals surface area contributed by atoms with Crippen molar-refractivity contribution in [3.05, 3.63) is 12.2 Å². The summed E-state index contributed by atoms with van der Waals surface area (Å²) in [6, 6.07) is -0.837. The van der Waals surface area contributed by atoms with Gasteiger partial charge in [0.2, 0.25) is 5.91 Å². The standard InChI is InChI=1S/C40H81N2O6P/c1-6-8-10-12-14-16-18-19-20-21-22-23-24-26-28-30-32-34-40(44)41-38(37-48-49(45,46)47-36-35-42(3,4)5)39(43)33-31-29-27-25-17-15-13-11-9-7-2/h31,33,38-39,43H,6-30,32,34-37H2,1-5H3,(H-,41,44,45,46)/p+1/b33-31+. The number of unbranched alkanes of at least 4 members (excludes halogenated alkanes) is 24. The van der Waals surface area contributed by atoms with Gasteiger partial charge in [-0.3, -0.25) is 13.8 Å². The van der Waals surface area contributed by atoms with Crippen LogP contribution in [0, 0.1) is 0 Å². The van der Waals surface area contributed by atoms with Crippen molar-refractivity contribution in [1.29, 1.82) is 0 Å². The number of hydrogen-bond donors (Lipinski definition) is 3. The molecule has 3 N–H and O–H groups in total. The first-order chi connectivity index (χ1) is 23.5. The summed E-state index contributed by atoms with van der Waals surface area (Å²) in [6.45, 7) is 4.79. The number of aliphatic hydroxyl groups excluding tert-OH is 1. The zero-order valence-corrected chi connectivity index (χ0v) is 33.8. The third-order valence-electron chi connectivity index (χ3n) is 9.26. The lowest BCUT2D eigenvalue weighted by atomic mass is 10.0. The van der Waals surface area contributed by atoms with Crippen molar-refractivity contribution < 1.29 is 32.9 Å². The summed E-state index contributed by atoms with van der Waals surface area (Å²) in [5, 5.41) is 13.7. The summed E-state index contributed by atoms with van der Waals surface area (Å²) >= 11 is 0. The van der Waals surface area contributed by atoms with Gasteiger partial charge in [-0.1, -0.05) is 174 Å². The number of allylic oxidation sites excluding steroid dienone is 1. The second-order valence-electron chi connectivity index (χ2n) is 15.4. The molecule has 0 aromatic rings. The molecule has 1 amide bonds. The van der Waals surface area contributed by atoms with Crippen LogP contribution in [0.25, 0.3) is 0 Å². The van der Waals surface area contributed by atoms with Crippen LogP contribution in [0.2, 0.25) is 0 Å². The lowest BCUT2D eigenvalue weighted by Crippen LogP contribution is -2.45. The van der Waals surface area contributed by atoms with E-state index in [9.17, 15) is 19.4 Å². The summed E-state index contributed by atoms with van der Waals surface area (Å²) < 4.78 is 23.5. The average Bonchev–Trinajstić information content (AvgIpc) is 3.04. The first kappa shape index (κ1) is 48.2. The molecule has 0 aliphatic rings. The predicted octanol–water partition coefficient (Wildman–Crippen LogP) is 10.8. The Morgan fingerprint density at radius 3 is 1.51 bits per heavy atom. The fourth-order valence-corrected chi connectivity index (χ4v) is 6.66. The van der Waals surface area contributed by atoms with Crippen LogP contribution < -0.4 is 5.32 Å². The molecule has 8 nitrogen and oxygen atoms in total. The Labute approximate surface area is 303 Å². The SMILES string of the molecule is CCCCCCCCCC/C=C/C(O)C(COP(=O)(O)OCC[N+](C)(C)C)NC(=O)CCCCCCCCCCCCCCCCCCC. The predicted molar refractivity (Wildman–Crippen MR) is 208 cm³/mol. The van der Waals surface area contributed by atoms with E-state index >= 15 is 0 Å². The van der Waals surface area contributed by atoms with Crippen LogP contribution >= 0.6 is 7.82 Å². The summed E-state index contributed by atoms with van der Waals surface area (Å²) in [5.74, 6) is -0.177. The fraction of sp³-hybridized carbons (Fsp3) is 0.925. The molecule has 292 valence electrons. The second-order valence-corrected chi connectivity index (χ2v) is 16.8. The number of quaternary nitrogens is 1. The minimum atomic E-state index is -4.32. The summed E-state index contributed by atoms with van der Waals surface area (Å²) in [4.78, 5) is 23.0. The number of nitrogens with one attached hydrogen (secondary N) is 1. The highest BCUT2D eigenvalue weighted by atomic mass is 31.2. The molecule has 3 unspecified atom stereocenters. The van der Waals surface area contributed by atoms with E-state index in [2.05, 4.69) is 19.2 Å². The third kappa shape index (κ3) is 35.4. The minimum absolute atomic E-state index is 0.0642. The van der Waals surface area contributed by atoms with Gasteiger partial charge in [0.15, 0.2) is 0 Å². The molecule has 0 spiro atoms. The van der Waals surface area contributed by atoms with Crippen molar-refractivity contribution in [2.45, 2.75) is 199 Å². The molecule has 0 aliphatic heterocycles. The van der Waals surface area contributed by atoms with Gasteiger partial charge in [0, 0.05) is 6.42 Å². The molecule has 0 radical (unpaired) electrons. The largest absolute Gasteiger partial charge is 0.472 e. The average molecular weight is 718 g/mol. The number of rotatable bonds is 37. The highest BCUT2D eigenvalue weighted by Gasteiger charge is 2.27. The number of nitrogens with zero attached hydrogens (tertiary/aromatic N) is 1. The first-order valence-corrected chi connectivity index (χ1v) is 22.1. The molecule has 0 aliphatic carbocycles. The van der Waals surface area contributed by atoms with Crippen LogP contribution in [0.1, 0.15) is 187 Å². The van der Waals surface area contributed by atoms with Crippen molar-refractivity contribution in [3.63, 3.8) is 0 Å². The summed E-state index contributed by atoms with van der Waals surface area (Å²) in [5.41, 5.74) is 0. The Balaban J connectivity index is 4.38. The number of carbonyl (C=O) groups excluding carboxylic acids is 1. The van der Waals surface area contributed by atoms with E-state index in [0.29, 0.717) is 17.4 Å². The van der Waals surface area contributed by atoms with Gasteiger partial charge in [0.25, 0.3) is 0 Å². The number of phosphoric ester groups is 1. The van der Waals surface area contributed by atoms with Crippen LogP contribution in [0.4, 0.5) is 0 Å². The Bertz CT molecular complexity index is 819. The maximum absolute atomic E-state index is 12.8. The molecule has 49 heavy (non-hydrogen) atoms. The topological polar surface area (TPSA) is 105 Å². The number of carbonyl (C=O) groups is 1. The Morgan fingerprint density at radius 1 is 0.673 bits per heavy atom. The van der Waals surface area contributed by atoms with E-state index < -0.39 is 20.0 Å². The maximum Gasteiger partial charge on any atom is 0.472 e. The Morgan fingerprint density at radius 2 is 1.08 bits per heavy atom. The van der Waals surface area contributed by atoms with E-state index in [1.165, 1.54) is 128 Å². The molecule has 0 saturated carbocycles. The lowest BCUT2D eigenvalue weighted by Gasteiger charge is -2.25. The van der Waals surface area contributed by atoms with Gasteiger partial charge in [-0.2, -0.15) is 0 Å². The summed E-state index contributed by atoms with van der Waals surface area (Å²) in [6.07, 6.45) is 35.6. The number of aliphatic hydroxyl groups is 1. The monoisotopic (exact) mass is 718 g/mol. The number of amides is 1. The highest BCUT2D eigenvalue weighted by Crippen LogP contribution is 2.43. The minimum Gasteiger partial charge on any atom is -0.387 e. The van der Waals surface area contributed by atoms with Crippen LogP contribution in [-0.4, -0.2) is 73.4 Å². The molecular weight excluding hydrogens is 635 g/mol. The van der Waals surface area contributed by atoms with Gasteiger partial charge in [0.05, 0.1) is 39.9 Å². The molecule has 0 heterocycles. The highest BCUT2D eigenvalue weighted by molar-refractivity contribution is 7.47. The smallest absolute Gasteiger partial charge is 0.387 e. The molecule has 0 aromatic carbocycles. The normalized spacial score (nSPS) is 14.7. The van der Waals surface area contributed by atoms with Crippen LogP contribution in [-0.2, 0) is 18.4 Å². The number of phosphoric acid groups is 1. The molecular formula is C40H82N2O6P+. The maximum atomic E-state index is 12.8. The Hall–Kier alpha value is -0.760. The van der Waals surface area contributed by atoms with Gasteiger partial charge in [-0.05, 0) is 19.3 Å². The van der Waals surface area contributed by atoms with Crippen molar-refractivity contribution >= 4 is 13.7 Å². The molecule has 0 aromatic heterocycles. The zero-order chi connectivity index (χ0) is 36.5. The van der Waals surface area contributed by atoms with Gasteiger partial charge in [-0.25, -0.2) is 4.57 Å². The number of likely N-dealkylation sites (N-methyl/N-ethyl adjacent to an activating group) is 1. The number of hydrogen-bond acceptors (Lipinski definition) is 5. The van der Waals surface area contributed by atoms with E-state index in [4.69, 9.17) is 9.05 Å². The fourth-order valence-electron chi connectivity index (χ4n) is 5.92. The zero-order valence-electron chi connectivity index (χ0n) is 32.9. The summed E-state index contributed by atoms with van der Waals surface area (Å²) in [7, 11) is 1.58. The van der Waals surface area contributed by atoms with Crippen molar-refractivity contribution in [2.75, 3.05) is 40.9 Å². The van der Waals surface area contributed by atoms with Crippen molar-refractivity contribution in [2.24, 2.45) is 0 Å². The van der Waals surface area contributed by atoms with Gasteiger partial charge in [0.1, 0.15) is 13.2 Å². The van der Waals surface area contributed by atoms with Crippen molar-refractivity contribution in [1.82, 2.24) is 5.32 Å². The molecule has 3 atom stereocenters.